The summed E-state index contributed by atoms with van der Waals surface area (Å²) in [5, 5.41) is 4.14. The summed E-state index contributed by atoms with van der Waals surface area (Å²) in [4.78, 5) is 30.1. The number of rotatable bonds is 8. The van der Waals surface area contributed by atoms with Crippen molar-refractivity contribution < 1.29 is 19.0 Å². The van der Waals surface area contributed by atoms with Gasteiger partial charge in [-0.3, -0.25) is 4.79 Å². The molecule has 0 saturated carbocycles. The molecule has 0 radical (unpaired) electrons. The van der Waals surface area contributed by atoms with Crippen molar-refractivity contribution in [2.45, 2.75) is 5.03 Å². The fourth-order valence-electron chi connectivity index (χ4n) is 3.04. The second kappa shape index (κ2) is 10.1. The Morgan fingerprint density at radius 1 is 0.939 bits per heavy atom. The van der Waals surface area contributed by atoms with E-state index in [1.54, 1.807) is 38.6 Å². The molecule has 1 amide bonds. The molecule has 2 heterocycles. The molecule has 1 N–H and O–H groups in total. The minimum Gasteiger partial charge on any atom is -0.497 e. The van der Waals surface area contributed by atoms with E-state index in [0.29, 0.717) is 39.1 Å². The number of carbonyl (C=O) groups excluding carboxylic acids is 1. The first-order chi connectivity index (χ1) is 16.1. The van der Waals surface area contributed by atoms with Crippen LogP contribution in [0.15, 0.2) is 60.0 Å². The molecule has 9 nitrogen and oxygen atoms in total. The first-order valence-electron chi connectivity index (χ1n) is 9.88. The van der Waals surface area contributed by atoms with E-state index in [4.69, 9.17) is 14.2 Å². The van der Waals surface area contributed by atoms with Crippen LogP contribution in [0.4, 0.5) is 5.69 Å². The van der Waals surface area contributed by atoms with E-state index in [9.17, 15) is 4.79 Å². The van der Waals surface area contributed by atoms with Crippen molar-refractivity contribution >= 4 is 34.4 Å². The van der Waals surface area contributed by atoms with Gasteiger partial charge in [-0.1, -0.05) is 11.8 Å². The zero-order chi connectivity index (χ0) is 23.2. The molecule has 0 aliphatic heterocycles. The van der Waals surface area contributed by atoms with Crippen LogP contribution < -0.4 is 19.5 Å². The largest absolute Gasteiger partial charge is 0.497 e. The number of hydrogen-bond acceptors (Lipinski definition) is 9. The highest BCUT2D eigenvalue weighted by Gasteiger charge is 2.13. The van der Waals surface area contributed by atoms with Gasteiger partial charge in [-0.25, -0.2) is 19.9 Å². The first kappa shape index (κ1) is 22.3. The van der Waals surface area contributed by atoms with Crippen molar-refractivity contribution in [2.24, 2.45) is 0 Å². The van der Waals surface area contributed by atoms with Gasteiger partial charge >= 0.3 is 0 Å². The number of nitrogens with zero attached hydrogens (tertiary/aromatic N) is 4. The van der Waals surface area contributed by atoms with Gasteiger partial charge in [0.25, 0.3) is 0 Å². The number of fused-ring (bicyclic) bond motifs is 1. The highest BCUT2D eigenvalue weighted by atomic mass is 32.2. The lowest BCUT2D eigenvalue weighted by molar-refractivity contribution is -0.113. The molecule has 10 heteroatoms. The lowest BCUT2D eigenvalue weighted by atomic mass is 10.2. The topological polar surface area (TPSA) is 108 Å². The molecule has 0 unspecified atom stereocenters. The zero-order valence-electron chi connectivity index (χ0n) is 18.2. The third-order valence-corrected chi connectivity index (χ3v) is 5.73. The molecule has 0 fully saturated rings. The molecule has 0 aliphatic carbocycles. The fraction of sp³-hybridized carbons (Fsp3) is 0.174. The van der Waals surface area contributed by atoms with Crippen molar-refractivity contribution in [3.8, 4) is 28.6 Å². The van der Waals surface area contributed by atoms with Gasteiger partial charge in [0, 0.05) is 17.8 Å². The fourth-order valence-corrected chi connectivity index (χ4v) is 3.80. The van der Waals surface area contributed by atoms with Gasteiger partial charge in [0.05, 0.1) is 38.2 Å². The molecule has 0 atom stereocenters. The Hall–Kier alpha value is -3.92. The second-order valence-corrected chi connectivity index (χ2v) is 7.71. The smallest absolute Gasteiger partial charge is 0.234 e. The van der Waals surface area contributed by atoms with E-state index >= 15 is 0 Å². The SMILES string of the molecule is COc1ccc(-c2ncc3c(SCC(=O)Nc4ccc(OC)cc4OC)ncnc3n2)cc1. The number of anilines is 1. The first-order valence-corrected chi connectivity index (χ1v) is 10.9. The number of methoxy groups -OCH3 is 3. The molecule has 0 spiro atoms. The predicted octanol–water partition coefficient (Wildman–Crippen LogP) is 3.84. The van der Waals surface area contributed by atoms with Crippen molar-refractivity contribution in [1.82, 2.24) is 19.9 Å². The van der Waals surface area contributed by atoms with Gasteiger partial charge in [0.2, 0.25) is 5.91 Å². The molecular formula is C23H21N5O4S. The number of nitrogens with one attached hydrogen (secondary N) is 1. The van der Waals surface area contributed by atoms with E-state index in [1.165, 1.54) is 25.2 Å². The molecule has 0 aliphatic rings. The highest BCUT2D eigenvalue weighted by Crippen LogP contribution is 2.30. The van der Waals surface area contributed by atoms with E-state index in [-0.39, 0.29) is 11.7 Å². The summed E-state index contributed by atoms with van der Waals surface area (Å²) < 4.78 is 15.7. The normalized spacial score (nSPS) is 10.6. The number of carbonyl (C=O) groups is 1. The summed E-state index contributed by atoms with van der Waals surface area (Å²) in [5.41, 5.74) is 1.91. The Kier molecular flexibility index (Phi) is 6.84. The van der Waals surface area contributed by atoms with Gasteiger partial charge in [-0.15, -0.1) is 0 Å². The van der Waals surface area contributed by atoms with Crippen LogP contribution in [-0.2, 0) is 4.79 Å². The highest BCUT2D eigenvalue weighted by molar-refractivity contribution is 8.00. The van der Waals surface area contributed by atoms with Gasteiger partial charge in [0.1, 0.15) is 28.6 Å². The Morgan fingerprint density at radius 3 is 2.42 bits per heavy atom. The minimum absolute atomic E-state index is 0.140. The van der Waals surface area contributed by atoms with E-state index in [1.807, 2.05) is 24.3 Å². The standard InChI is InChI=1S/C23H21N5O4S/c1-30-15-6-4-14(5-7-15)21-24-11-17-22(28-21)25-13-26-23(17)33-12-20(29)27-18-9-8-16(31-2)10-19(18)32-3/h4-11,13H,12H2,1-3H3,(H,27,29). The van der Waals surface area contributed by atoms with Gasteiger partial charge in [0.15, 0.2) is 11.5 Å². The van der Waals surface area contributed by atoms with Gasteiger partial charge < -0.3 is 19.5 Å². The van der Waals surface area contributed by atoms with Crippen LogP contribution in [0, 0.1) is 0 Å². The Balaban J connectivity index is 1.48. The maximum atomic E-state index is 12.5. The average molecular weight is 464 g/mol. The molecule has 0 bridgehead atoms. The number of amides is 1. The summed E-state index contributed by atoms with van der Waals surface area (Å²) in [6, 6.07) is 12.7. The number of hydrogen-bond donors (Lipinski definition) is 1. The number of benzene rings is 2. The second-order valence-electron chi connectivity index (χ2n) is 6.74. The maximum absolute atomic E-state index is 12.5. The molecule has 168 valence electrons. The Bertz CT molecular complexity index is 1280. The predicted molar refractivity (Wildman–Crippen MR) is 126 cm³/mol. The Morgan fingerprint density at radius 2 is 1.70 bits per heavy atom. The quantitative estimate of drug-likeness (QED) is 0.308. The van der Waals surface area contributed by atoms with Crippen LogP contribution >= 0.6 is 11.8 Å². The number of thioether (sulfide) groups is 1. The van der Waals surface area contributed by atoms with Crippen LogP contribution in [0.25, 0.3) is 22.4 Å². The summed E-state index contributed by atoms with van der Waals surface area (Å²) in [5.74, 6) is 2.39. The lowest BCUT2D eigenvalue weighted by Crippen LogP contribution is -2.15. The van der Waals surface area contributed by atoms with E-state index < -0.39 is 0 Å². The van der Waals surface area contributed by atoms with Crippen molar-refractivity contribution in [1.29, 1.82) is 0 Å². The van der Waals surface area contributed by atoms with Crippen LogP contribution in [-0.4, -0.2) is 52.9 Å². The van der Waals surface area contributed by atoms with Crippen LogP contribution in [0.1, 0.15) is 0 Å². The van der Waals surface area contributed by atoms with Gasteiger partial charge in [-0.2, -0.15) is 0 Å². The summed E-state index contributed by atoms with van der Waals surface area (Å²) >= 11 is 1.28. The van der Waals surface area contributed by atoms with E-state index in [0.717, 1.165) is 11.3 Å². The van der Waals surface area contributed by atoms with Crippen molar-refractivity contribution in [2.75, 3.05) is 32.4 Å². The number of aromatic nitrogens is 4. The van der Waals surface area contributed by atoms with Crippen LogP contribution in [0.3, 0.4) is 0 Å². The third kappa shape index (κ3) is 5.12. The maximum Gasteiger partial charge on any atom is 0.234 e. The van der Waals surface area contributed by atoms with Crippen molar-refractivity contribution in [3.05, 3.63) is 55.0 Å². The average Bonchev–Trinajstić information content (AvgIpc) is 2.87. The monoisotopic (exact) mass is 463 g/mol. The molecule has 4 aromatic rings. The molecule has 2 aromatic heterocycles. The summed E-state index contributed by atoms with van der Waals surface area (Å²) in [7, 11) is 4.72. The van der Waals surface area contributed by atoms with Crippen molar-refractivity contribution in [3.63, 3.8) is 0 Å². The third-order valence-electron chi connectivity index (χ3n) is 4.73. The molecule has 4 rings (SSSR count). The molecule has 0 saturated heterocycles. The Labute approximate surface area is 194 Å². The van der Waals surface area contributed by atoms with E-state index in [2.05, 4.69) is 25.3 Å². The zero-order valence-corrected chi connectivity index (χ0v) is 19.0. The molecule has 2 aromatic carbocycles. The minimum atomic E-state index is -0.203. The molecule has 33 heavy (non-hydrogen) atoms. The number of ether oxygens (including phenoxy) is 3. The lowest BCUT2D eigenvalue weighted by Gasteiger charge is -2.11. The summed E-state index contributed by atoms with van der Waals surface area (Å²) in [6.45, 7) is 0. The van der Waals surface area contributed by atoms with Gasteiger partial charge in [-0.05, 0) is 36.4 Å². The van der Waals surface area contributed by atoms with Crippen LogP contribution in [0.2, 0.25) is 0 Å². The molecular weight excluding hydrogens is 442 g/mol. The van der Waals surface area contributed by atoms with Crippen LogP contribution in [0.5, 0.6) is 17.2 Å². The summed E-state index contributed by atoms with van der Waals surface area (Å²) in [6.07, 6.45) is 3.11.